The smallest absolute Gasteiger partial charge is 0.268 e. The Balaban J connectivity index is 2.96. The largest absolute Gasteiger partial charge is 0.395 e. The van der Waals surface area contributed by atoms with Gasteiger partial charge in [0.05, 0.1) is 16.1 Å². The second-order valence-electron chi connectivity index (χ2n) is 3.04. The van der Waals surface area contributed by atoms with Crippen molar-refractivity contribution in [2.75, 3.05) is 6.61 Å². The van der Waals surface area contributed by atoms with Gasteiger partial charge >= 0.3 is 0 Å². The van der Waals surface area contributed by atoms with E-state index >= 15 is 0 Å². The zero-order valence-electron chi connectivity index (χ0n) is 8.19. The lowest BCUT2D eigenvalue weighted by molar-refractivity contribution is 0.265. The van der Waals surface area contributed by atoms with Crippen molar-refractivity contribution < 1.29 is 13.5 Å². The first-order valence-corrected chi connectivity index (χ1v) is 7.22. The van der Waals surface area contributed by atoms with E-state index in [-0.39, 0.29) is 10.9 Å². The van der Waals surface area contributed by atoms with Crippen molar-refractivity contribution in [3.63, 3.8) is 0 Å². The van der Waals surface area contributed by atoms with E-state index in [1.165, 1.54) is 0 Å². The molecular weight excluding hydrogens is 304 g/mol. The Kier molecular flexibility index (Phi) is 4.24. The summed E-state index contributed by atoms with van der Waals surface area (Å²) in [6, 6.07) is -0.516. The Bertz CT molecular complexity index is 424. The summed E-state index contributed by atoms with van der Waals surface area (Å²) in [5.41, 5.74) is 0.636. The van der Waals surface area contributed by atoms with Gasteiger partial charge in [-0.25, -0.2) is 18.1 Å². The summed E-state index contributed by atoms with van der Waals surface area (Å²) in [6.45, 7) is 3.05. The third-order valence-electron chi connectivity index (χ3n) is 1.58. The zero-order chi connectivity index (χ0) is 11.6. The van der Waals surface area contributed by atoms with Gasteiger partial charge in [0.25, 0.3) is 10.0 Å². The van der Waals surface area contributed by atoms with Crippen LogP contribution >= 0.6 is 27.3 Å². The van der Waals surface area contributed by atoms with Crippen LogP contribution in [0.25, 0.3) is 0 Å². The number of aliphatic hydroxyl groups excluding tert-OH is 1. The van der Waals surface area contributed by atoms with E-state index in [1.54, 1.807) is 13.8 Å². The van der Waals surface area contributed by atoms with Crippen LogP contribution in [-0.4, -0.2) is 31.2 Å². The van der Waals surface area contributed by atoms with Gasteiger partial charge in [0, 0.05) is 6.04 Å². The van der Waals surface area contributed by atoms with E-state index in [1.807, 2.05) is 0 Å². The molecule has 5 nitrogen and oxygen atoms in total. The summed E-state index contributed by atoms with van der Waals surface area (Å²) in [5.74, 6) is 0. The predicted molar refractivity (Wildman–Crippen MR) is 61.4 cm³/mol. The number of aromatic nitrogens is 1. The number of halogens is 1. The van der Waals surface area contributed by atoms with Crippen LogP contribution < -0.4 is 4.72 Å². The van der Waals surface area contributed by atoms with Gasteiger partial charge < -0.3 is 5.11 Å². The van der Waals surface area contributed by atoms with Gasteiger partial charge in [0.2, 0.25) is 4.34 Å². The molecule has 8 heteroatoms. The van der Waals surface area contributed by atoms with Gasteiger partial charge in [-0.15, -0.1) is 0 Å². The highest BCUT2D eigenvalue weighted by molar-refractivity contribution is 9.11. The molecule has 1 rings (SSSR count). The minimum atomic E-state index is -3.61. The number of hydrogen-bond donors (Lipinski definition) is 2. The Labute approximate surface area is 101 Å². The van der Waals surface area contributed by atoms with Crippen molar-refractivity contribution in [1.29, 1.82) is 0 Å². The molecule has 0 fully saturated rings. The highest BCUT2D eigenvalue weighted by Crippen LogP contribution is 2.26. The summed E-state index contributed by atoms with van der Waals surface area (Å²) >= 11 is 4.25. The van der Waals surface area contributed by atoms with Crippen LogP contribution in [0.1, 0.15) is 12.6 Å². The van der Waals surface area contributed by atoms with E-state index in [0.717, 1.165) is 11.3 Å². The van der Waals surface area contributed by atoms with E-state index in [4.69, 9.17) is 5.11 Å². The molecule has 1 aromatic rings. The molecule has 86 valence electrons. The SMILES string of the molecule is Cc1nc(S(=O)(=O)N[C@@H](C)CO)sc1Br. The number of nitrogens with zero attached hydrogens (tertiary/aromatic N) is 1. The summed E-state index contributed by atoms with van der Waals surface area (Å²) < 4.78 is 26.4. The fourth-order valence-electron chi connectivity index (χ4n) is 0.822. The zero-order valence-corrected chi connectivity index (χ0v) is 11.4. The van der Waals surface area contributed by atoms with Crippen molar-refractivity contribution in [1.82, 2.24) is 9.71 Å². The number of nitrogens with one attached hydrogen (secondary N) is 1. The minimum absolute atomic E-state index is 0.00664. The predicted octanol–water partition coefficient (Wildman–Crippen LogP) is 0.873. The molecule has 1 atom stereocenters. The molecule has 1 aromatic heterocycles. The van der Waals surface area contributed by atoms with Gasteiger partial charge in [-0.05, 0) is 29.8 Å². The van der Waals surface area contributed by atoms with Crippen LogP contribution in [0.4, 0.5) is 0 Å². The van der Waals surface area contributed by atoms with Crippen LogP contribution in [-0.2, 0) is 10.0 Å². The summed E-state index contributed by atoms with van der Waals surface area (Å²) in [6.07, 6.45) is 0. The van der Waals surface area contributed by atoms with Crippen LogP contribution in [0.2, 0.25) is 0 Å². The van der Waals surface area contributed by atoms with Crippen molar-refractivity contribution >= 4 is 37.3 Å². The topological polar surface area (TPSA) is 79.3 Å². The third-order valence-corrected chi connectivity index (χ3v) is 5.55. The van der Waals surface area contributed by atoms with Crippen LogP contribution in [0.5, 0.6) is 0 Å². The van der Waals surface area contributed by atoms with E-state index in [0.29, 0.717) is 9.48 Å². The van der Waals surface area contributed by atoms with Crippen molar-refractivity contribution in [2.45, 2.75) is 24.2 Å². The molecule has 0 bridgehead atoms. The number of aliphatic hydroxyl groups is 1. The molecule has 0 aliphatic rings. The molecule has 0 aliphatic carbocycles. The van der Waals surface area contributed by atoms with Crippen LogP contribution in [0.15, 0.2) is 8.13 Å². The van der Waals surface area contributed by atoms with E-state index < -0.39 is 16.1 Å². The van der Waals surface area contributed by atoms with E-state index in [2.05, 4.69) is 25.6 Å². The molecule has 0 spiro atoms. The van der Waals surface area contributed by atoms with Crippen LogP contribution in [0, 0.1) is 6.92 Å². The van der Waals surface area contributed by atoms with Gasteiger partial charge in [-0.1, -0.05) is 11.3 Å². The maximum absolute atomic E-state index is 11.7. The number of aryl methyl sites for hydroxylation is 1. The minimum Gasteiger partial charge on any atom is -0.395 e. The molecule has 15 heavy (non-hydrogen) atoms. The fraction of sp³-hybridized carbons (Fsp3) is 0.571. The van der Waals surface area contributed by atoms with Gasteiger partial charge in [-0.2, -0.15) is 0 Å². The van der Waals surface area contributed by atoms with Crippen LogP contribution in [0.3, 0.4) is 0 Å². The van der Waals surface area contributed by atoms with Gasteiger partial charge in [0.1, 0.15) is 0 Å². The lowest BCUT2D eigenvalue weighted by atomic mass is 10.4. The number of hydrogen-bond acceptors (Lipinski definition) is 5. The van der Waals surface area contributed by atoms with Gasteiger partial charge in [-0.3, -0.25) is 0 Å². The lowest BCUT2D eigenvalue weighted by Crippen LogP contribution is -2.34. The Morgan fingerprint density at radius 1 is 1.67 bits per heavy atom. The lowest BCUT2D eigenvalue weighted by Gasteiger charge is -2.08. The van der Waals surface area contributed by atoms with E-state index in [9.17, 15) is 8.42 Å². The Morgan fingerprint density at radius 3 is 2.67 bits per heavy atom. The molecule has 0 aliphatic heterocycles. The first-order valence-electron chi connectivity index (χ1n) is 4.13. The normalized spacial score (nSPS) is 14.1. The Morgan fingerprint density at radius 2 is 2.27 bits per heavy atom. The van der Waals surface area contributed by atoms with Crippen molar-refractivity contribution in [3.05, 3.63) is 9.48 Å². The highest BCUT2D eigenvalue weighted by atomic mass is 79.9. The molecule has 0 aromatic carbocycles. The summed E-state index contributed by atoms with van der Waals surface area (Å²) in [7, 11) is -3.61. The summed E-state index contributed by atoms with van der Waals surface area (Å²) in [5, 5.41) is 8.75. The highest BCUT2D eigenvalue weighted by Gasteiger charge is 2.21. The molecule has 0 unspecified atom stereocenters. The number of sulfonamides is 1. The Hall–Kier alpha value is -0.0200. The molecule has 0 radical (unpaired) electrons. The molecule has 0 amide bonds. The quantitative estimate of drug-likeness (QED) is 0.864. The third kappa shape index (κ3) is 3.22. The number of thiazole rings is 1. The summed E-state index contributed by atoms with van der Waals surface area (Å²) in [4.78, 5) is 3.91. The first-order chi connectivity index (χ1) is 6.86. The maximum Gasteiger partial charge on any atom is 0.268 e. The molecule has 1 heterocycles. The molecule has 2 N–H and O–H groups in total. The molecular formula is C7H11BrN2O3S2. The maximum atomic E-state index is 11.7. The first kappa shape index (κ1) is 13.0. The second-order valence-corrected chi connectivity index (χ2v) is 7.25. The monoisotopic (exact) mass is 314 g/mol. The average Bonchev–Trinajstić information content (AvgIpc) is 2.47. The standard InChI is InChI=1S/C7H11BrN2O3S2/c1-4(3-11)10-15(12,13)7-9-5(2)6(8)14-7/h4,10-11H,3H2,1-2H3/t4-/m0/s1. The molecule has 0 saturated heterocycles. The average molecular weight is 315 g/mol. The van der Waals surface area contributed by atoms with Crippen molar-refractivity contribution in [3.8, 4) is 0 Å². The second kappa shape index (κ2) is 4.88. The van der Waals surface area contributed by atoms with Crippen molar-refractivity contribution in [2.24, 2.45) is 0 Å². The number of rotatable bonds is 4. The fourth-order valence-corrected chi connectivity index (χ4v) is 4.02. The molecule has 0 saturated carbocycles. The van der Waals surface area contributed by atoms with Gasteiger partial charge in [0.15, 0.2) is 0 Å².